The Kier molecular flexibility index (Phi) is 7.99. The fourth-order valence-electron chi connectivity index (χ4n) is 3.60. The lowest BCUT2D eigenvalue weighted by molar-refractivity contribution is -0.274. The zero-order valence-corrected chi connectivity index (χ0v) is 18.6. The molecule has 0 aromatic heterocycles. The van der Waals surface area contributed by atoms with E-state index in [0.717, 1.165) is 37.1 Å². The first-order chi connectivity index (χ1) is 16.3. The summed E-state index contributed by atoms with van der Waals surface area (Å²) in [5.74, 6) is -0.860. The Bertz CT molecular complexity index is 1020. The highest BCUT2D eigenvalue weighted by atomic mass is 19.4. The van der Waals surface area contributed by atoms with E-state index in [1.165, 1.54) is 11.0 Å². The highest BCUT2D eigenvalue weighted by Gasteiger charge is 2.45. The molecule has 1 heterocycles. The summed E-state index contributed by atoms with van der Waals surface area (Å²) >= 11 is 0. The Morgan fingerprint density at radius 1 is 1.17 bits per heavy atom. The minimum absolute atomic E-state index is 0.0333. The predicted octanol–water partition coefficient (Wildman–Crippen LogP) is 5.05. The predicted molar refractivity (Wildman–Crippen MR) is 118 cm³/mol. The molecule has 1 saturated carbocycles. The lowest BCUT2D eigenvalue weighted by Crippen LogP contribution is -2.41. The van der Waals surface area contributed by atoms with Crippen molar-refractivity contribution in [1.82, 2.24) is 10.2 Å². The molecule has 3 N–H and O–H groups in total. The number of carbonyl (C=O) groups excluding carboxylic acids is 1. The standard InChI is InChI=1S/C24H25F6N3O2/c1-15(22(34)32-18-7-8-18)3-2-4-20(31)16-11-13-33(14-12-16)21(23(25,26)27)17-5-9-19(10-6-17)35-24(28,29)30/h2-6,9-11,18,21H,1,7-8,12-14,31H2,(H,32,34)/b3-2-,20-4-. The van der Waals surface area contributed by atoms with Crippen LogP contribution in [0.2, 0.25) is 0 Å². The fourth-order valence-corrected chi connectivity index (χ4v) is 3.60. The number of rotatable bonds is 8. The van der Waals surface area contributed by atoms with Crippen molar-refractivity contribution in [3.63, 3.8) is 0 Å². The molecule has 0 spiro atoms. The number of nitrogens with two attached hydrogens (primary N) is 1. The van der Waals surface area contributed by atoms with E-state index in [4.69, 9.17) is 5.73 Å². The monoisotopic (exact) mass is 501 g/mol. The van der Waals surface area contributed by atoms with E-state index in [1.807, 2.05) is 0 Å². The number of benzene rings is 1. The van der Waals surface area contributed by atoms with Gasteiger partial charge in [-0.2, -0.15) is 13.2 Å². The SMILES string of the molecule is C=C(/C=C\C=C(/N)C1=CCN(C(c2ccc(OC(F)(F)F)cc2)C(F)(F)F)CC1)C(=O)NC1CC1. The van der Waals surface area contributed by atoms with E-state index in [1.54, 1.807) is 18.2 Å². The zero-order chi connectivity index (χ0) is 25.8. The minimum atomic E-state index is -4.93. The molecule has 11 heteroatoms. The van der Waals surface area contributed by atoms with Gasteiger partial charge in [0.05, 0.1) is 0 Å². The lowest BCUT2D eigenvalue weighted by Gasteiger charge is -2.35. The largest absolute Gasteiger partial charge is 0.573 e. The molecule has 1 aliphatic carbocycles. The van der Waals surface area contributed by atoms with Crippen molar-refractivity contribution in [1.29, 1.82) is 0 Å². The van der Waals surface area contributed by atoms with Gasteiger partial charge >= 0.3 is 12.5 Å². The minimum Gasteiger partial charge on any atom is -0.406 e. The summed E-state index contributed by atoms with van der Waals surface area (Å²) in [6.07, 6.45) is -1.24. The lowest BCUT2D eigenvalue weighted by atomic mass is 9.99. The van der Waals surface area contributed by atoms with Crippen molar-refractivity contribution in [2.75, 3.05) is 13.1 Å². The average Bonchev–Trinajstić information content (AvgIpc) is 3.57. The molecule has 1 atom stereocenters. The number of halogens is 6. The molecule has 2 aliphatic rings. The van der Waals surface area contributed by atoms with Crippen LogP contribution in [0.3, 0.4) is 0 Å². The van der Waals surface area contributed by atoms with Crippen LogP contribution < -0.4 is 15.8 Å². The van der Waals surface area contributed by atoms with Gasteiger partial charge in [0, 0.05) is 30.4 Å². The van der Waals surface area contributed by atoms with Crippen LogP contribution in [0.5, 0.6) is 5.75 Å². The normalized spacial score (nSPS) is 18.8. The maximum atomic E-state index is 13.8. The molecule has 35 heavy (non-hydrogen) atoms. The maximum Gasteiger partial charge on any atom is 0.573 e. The summed E-state index contributed by atoms with van der Waals surface area (Å²) in [7, 11) is 0. The van der Waals surface area contributed by atoms with Gasteiger partial charge < -0.3 is 15.8 Å². The molecule has 0 radical (unpaired) electrons. The smallest absolute Gasteiger partial charge is 0.406 e. The van der Waals surface area contributed by atoms with Gasteiger partial charge in [0.1, 0.15) is 11.8 Å². The molecular weight excluding hydrogens is 476 g/mol. The number of alkyl halides is 6. The molecule has 1 aliphatic heterocycles. The van der Waals surface area contributed by atoms with Crippen molar-refractivity contribution in [3.8, 4) is 5.75 Å². The van der Waals surface area contributed by atoms with Crippen LogP contribution in [-0.4, -0.2) is 42.5 Å². The van der Waals surface area contributed by atoms with E-state index in [9.17, 15) is 31.1 Å². The summed E-state index contributed by atoms with van der Waals surface area (Å²) in [4.78, 5) is 13.0. The van der Waals surface area contributed by atoms with Crippen LogP contribution >= 0.6 is 0 Å². The highest BCUT2D eigenvalue weighted by molar-refractivity contribution is 5.95. The third-order valence-electron chi connectivity index (χ3n) is 5.49. The van der Waals surface area contributed by atoms with Crippen molar-refractivity contribution in [2.24, 2.45) is 5.73 Å². The number of hydrogen-bond acceptors (Lipinski definition) is 4. The molecule has 190 valence electrons. The first kappa shape index (κ1) is 26.4. The number of nitrogens with one attached hydrogen (secondary N) is 1. The first-order valence-corrected chi connectivity index (χ1v) is 10.8. The van der Waals surface area contributed by atoms with Crippen molar-refractivity contribution < 1.29 is 35.9 Å². The molecule has 1 amide bonds. The van der Waals surface area contributed by atoms with Crippen LogP contribution in [0, 0.1) is 0 Å². The van der Waals surface area contributed by atoms with E-state index in [0.29, 0.717) is 11.3 Å². The summed E-state index contributed by atoms with van der Waals surface area (Å²) < 4.78 is 82.2. The number of ether oxygens (including phenoxy) is 1. The third kappa shape index (κ3) is 7.91. The van der Waals surface area contributed by atoms with Gasteiger partial charge in [-0.1, -0.05) is 30.9 Å². The zero-order valence-electron chi connectivity index (χ0n) is 18.6. The maximum absolute atomic E-state index is 13.8. The summed E-state index contributed by atoms with van der Waals surface area (Å²) in [5.41, 5.74) is 7.14. The molecule has 1 aromatic rings. The second-order valence-electron chi connectivity index (χ2n) is 8.29. The average molecular weight is 501 g/mol. The second kappa shape index (κ2) is 10.6. The highest BCUT2D eigenvalue weighted by Crippen LogP contribution is 2.40. The number of nitrogens with zero attached hydrogens (tertiary/aromatic N) is 1. The molecule has 0 saturated heterocycles. The van der Waals surface area contributed by atoms with Gasteiger partial charge in [-0.05, 0) is 54.7 Å². The van der Waals surface area contributed by atoms with E-state index < -0.39 is 24.3 Å². The second-order valence-corrected chi connectivity index (χ2v) is 8.29. The number of allylic oxidation sites excluding steroid dienone is 3. The molecule has 1 fully saturated rings. The van der Waals surface area contributed by atoms with Gasteiger partial charge in [0.15, 0.2) is 0 Å². The quantitative estimate of drug-likeness (QED) is 0.297. The van der Waals surface area contributed by atoms with Crippen molar-refractivity contribution in [2.45, 2.75) is 43.9 Å². The van der Waals surface area contributed by atoms with Crippen LogP contribution in [0.1, 0.15) is 30.9 Å². The fraction of sp³-hybridized carbons (Fsp3) is 0.375. The number of amides is 1. The van der Waals surface area contributed by atoms with Gasteiger partial charge in [-0.15, -0.1) is 13.2 Å². The van der Waals surface area contributed by atoms with Gasteiger partial charge in [-0.3, -0.25) is 9.69 Å². The molecule has 1 aromatic carbocycles. The number of hydrogen-bond donors (Lipinski definition) is 2. The topological polar surface area (TPSA) is 67.6 Å². The van der Waals surface area contributed by atoms with E-state index >= 15 is 0 Å². The third-order valence-corrected chi connectivity index (χ3v) is 5.49. The van der Waals surface area contributed by atoms with E-state index in [-0.39, 0.29) is 42.6 Å². The molecule has 3 rings (SSSR count). The Labute approximate surface area is 198 Å². The van der Waals surface area contributed by atoms with Crippen LogP contribution in [0.15, 0.2) is 72.0 Å². The van der Waals surface area contributed by atoms with Gasteiger partial charge in [-0.25, -0.2) is 0 Å². The van der Waals surface area contributed by atoms with Crippen LogP contribution in [-0.2, 0) is 4.79 Å². The van der Waals surface area contributed by atoms with Crippen molar-refractivity contribution >= 4 is 5.91 Å². The van der Waals surface area contributed by atoms with Gasteiger partial charge in [0.2, 0.25) is 0 Å². The molecule has 0 bridgehead atoms. The Morgan fingerprint density at radius 3 is 2.34 bits per heavy atom. The first-order valence-electron chi connectivity index (χ1n) is 10.8. The summed E-state index contributed by atoms with van der Waals surface area (Å²) in [6.45, 7) is 3.66. The number of carbonyl (C=O) groups is 1. The molecular formula is C24H25F6N3O2. The van der Waals surface area contributed by atoms with Crippen LogP contribution in [0.4, 0.5) is 26.3 Å². The Balaban J connectivity index is 1.65. The molecule has 1 unspecified atom stereocenters. The Morgan fingerprint density at radius 2 is 1.83 bits per heavy atom. The van der Waals surface area contributed by atoms with Crippen molar-refractivity contribution in [3.05, 3.63) is 77.6 Å². The van der Waals surface area contributed by atoms with Crippen LogP contribution in [0.25, 0.3) is 0 Å². The Hall–Kier alpha value is -3.21. The molecule has 5 nitrogen and oxygen atoms in total. The van der Waals surface area contributed by atoms with E-state index in [2.05, 4.69) is 16.6 Å². The van der Waals surface area contributed by atoms with Gasteiger partial charge in [0.25, 0.3) is 5.91 Å². The summed E-state index contributed by atoms with van der Waals surface area (Å²) in [6, 6.07) is 1.87. The summed E-state index contributed by atoms with van der Waals surface area (Å²) in [5, 5.41) is 2.80.